The predicted molar refractivity (Wildman–Crippen MR) is 65.5 cm³/mol. The van der Waals surface area contributed by atoms with Gasteiger partial charge in [0.05, 0.1) is 24.2 Å². The molecule has 0 aliphatic rings. The molecule has 6 heteroatoms. The number of methoxy groups -OCH3 is 1. The molecule has 0 bridgehead atoms. The molecule has 0 radical (unpaired) electrons. The number of benzene rings is 1. The van der Waals surface area contributed by atoms with Gasteiger partial charge in [-0.05, 0) is 26.0 Å². The fourth-order valence-electron chi connectivity index (χ4n) is 1.70. The third-order valence-corrected chi connectivity index (χ3v) is 3.05. The van der Waals surface area contributed by atoms with Crippen LogP contribution in [0, 0.1) is 22.6 Å². The maximum absolute atomic E-state index is 13.5. The van der Waals surface area contributed by atoms with Crippen molar-refractivity contribution in [3.8, 4) is 11.8 Å². The minimum absolute atomic E-state index is 0.00745. The van der Waals surface area contributed by atoms with E-state index < -0.39 is 29.0 Å². The van der Waals surface area contributed by atoms with Crippen LogP contribution in [-0.4, -0.2) is 18.2 Å². The molecule has 0 aliphatic carbocycles. The molecule has 19 heavy (non-hydrogen) atoms. The molecule has 0 saturated heterocycles. The van der Waals surface area contributed by atoms with Crippen LogP contribution in [0.4, 0.5) is 4.39 Å². The molecule has 5 nitrogen and oxygen atoms in total. The summed E-state index contributed by atoms with van der Waals surface area (Å²) in [5.41, 5.74) is 4.74. The van der Waals surface area contributed by atoms with E-state index in [1.807, 2.05) is 0 Å². The first-order valence-corrected chi connectivity index (χ1v) is 5.52. The number of rotatable bonds is 3. The highest BCUT2D eigenvalue weighted by molar-refractivity contribution is 5.77. The zero-order valence-electron chi connectivity index (χ0n) is 10.9. The van der Waals surface area contributed by atoms with Crippen LogP contribution in [-0.2, 0) is 9.53 Å². The number of nitriles is 1. The number of carbonyl (C=O) groups is 1. The van der Waals surface area contributed by atoms with E-state index in [4.69, 9.17) is 11.0 Å². The number of phenols is 1. The predicted octanol–water partition coefficient (Wildman–Crippen LogP) is 1.60. The lowest BCUT2D eigenvalue weighted by atomic mass is 9.80. The van der Waals surface area contributed by atoms with Gasteiger partial charge in [-0.15, -0.1) is 0 Å². The van der Waals surface area contributed by atoms with Gasteiger partial charge < -0.3 is 15.6 Å². The summed E-state index contributed by atoms with van der Waals surface area (Å²) in [6.45, 7) is 3.03. The largest absolute Gasteiger partial charge is 0.505 e. The Morgan fingerprint density at radius 3 is 2.63 bits per heavy atom. The van der Waals surface area contributed by atoms with Gasteiger partial charge >= 0.3 is 5.97 Å². The molecular weight excluding hydrogens is 251 g/mol. The Labute approximate surface area is 110 Å². The average molecular weight is 266 g/mol. The topological polar surface area (TPSA) is 96.3 Å². The second kappa shape index (κ2) is 5.24. The maximum atomic E-state index is 13.5. The first-order chi connectivity index (χ1) is 8.75. The van der Waals surface area contributed by atoms with Crippen molar-refractivity contribution in [2.45, 2.75) is 19.9 Å². The normalized spacial score (nSPS) is 12.6. The molecular formula is C13H15FN2O3. The first kappa shape index (κ1) is 14.9. The summed E-state index contributed by atoms with van der Waals surface area (Å²) >= 11 is 0. The Morgan fingerprint density at radius 1 is 1.58 bits per heavy atom. The smallest absolute Gasteiger partial charge is 0.313 e. The number of nitrogens with two attached hydrogens (primary N) is 1. The fourth-order valence-corrected chi connectivity index (χ4v) is 1.70. The van der Waals surface area contributed by atoms with Gasteiger partial charge in [-0.2, -0.15) is 5.26 Å². The summed E-state index contributed by atoms with van der Waals surface area (Å²) in [7, 11) is 1.21. The van der Waals surface area contributed by atoms with Crippen LogP contribution in [0.25, 0.3) is 0 Å². The Kier molecular flexibility index (Phi) is 4.12. The number of hydrogen-bond donors (Lipinski definition) is 2. The fraction of sp³-hybridized carbons (Fsp3) is 0.385. The molecule has 0 aromatic heterocycles. The van der Waals surface area contributed by atoms with Gasteiger partial charge in [0.2, 0.25) is 0 Å². The van der Waals surface area contributed by atoms with E-state index in [0.717, 1.165) is 6.07 Å². The summed E-state index contributed by atoms with van der Waals surface area (Å²) in [6, 6.07) is 2.91. The van der Waals surface area contributed by atoms with Gasteiger partial charge in [0, 0.05) is 11.6 Å². The Hall–Kier alpha value is -2.13. The SMILES string of the molecule is COC(=O)C(C)(C)[C@@H](N)c1cc(C#N)cc(F)c1O. The summed E-state index contributed by atoms with van der Waals surface area (Å²) in [5, 5.41) is 18.5. The zero-order valence-corrected chi connectivity index (χ0v) is 10.9. The quantitative estimate of drug-likeness (QED) is 0.810. The van der Waals surface area contributed by atoms with E-state index in [-0.39, 0.29) is 11.1 Å². The summed E-state index contributed by atoms with van der Waals surface area (Å²) in [5.74, 6) is -2.21. The second-order valence-electron chi connectivity index (χ2n) is 4.70. The molecule has 1 aromatic carbocycles. The highest BCUT2D eigenvalue weighted by Crippen LogP contribution is 2.38. The molecule has 0 heterocycles. The lowest BCUT2D eigenvalue weighted by Crippen LogP contribution is -2.37. The molecule has 0 unspecified atom stereocenters. The highest BCUT2D eigenvalue weighted by atomic mass is 19.1. The molecule has 0 spiro atoms. The Bertz CT molecular complexity index is 550. The molecule has 3 N–H and O–H groups in total. The highest BCUT2D eigenvalue weighted by Gasteiger charge is 2.38. The van der Waals surface area contributed by atoms with Crippen LogP contribution < -0.4 is 5.73 Å². The van der Waals surface area contributed by atoms with Crippen molar-refractivity contribution in [3.63, 3.8) is 0 Å². The number of halogens is 1. The van der Waals surface area contributed by atoms with Crippen molar-refractivity contribution in [1.82, 2.24) is 0 Å². The van der Waals surface area contributed by atoms with Gasteiger partial charge in [-0.3, -0.25) is 4.79 Å². The second-order valence-corrected chi connectivity index (χ2v) is 4.70. The minimum Gasteiger partial charge on any atom is -0.505 e. The van der Waals surface area contributed by atoms with Crippen LogP contribution in [0.5, 0.6) is 5.75 Å². The molecule has 0 fully saturated rings. The summed E-state index contributed by atoms with van der Waals surface area (Å²) in [6.07, 6.45) is 0. The van der Waals surface area contributed by atoms with Gasteiger partial charge in [-0.1, -0.05) is 0 Å². The van der Waals surface area contributed by atoms with Crippen LogP contribution in [0.2, 0.25) is 0 Å². The molecule has 102 valence electrons. The van der Waals surface area contributed by atoms with Crippen molar-refractivity contribution in [2.24, 2.45) is 11.1 Å². The van der Waals surface area contributed by atoms with Gasteiger partial charge in [0.1, 0.15) is 0 Å². The maximum Gasteiger partial charge on any atom is 0.313 e. The van der Waals surface area contributed by atoms with Crippen LogP contribution in [0.15, 0.2) is 12.1 Å². The van der Waals surface area contributed by atoms with Crippen LogP contribution >= 0.6 is 0 Å². The zero-order chi connectivity index (χ0) is 14.8. The van der Waals surface area contributed by atoms with E-state index in [2.05, 4.69) is 4.74 Å². The monoisotopic (exact) mass is 266 g/mol. The lowest BCUT2D eigenvalue weighted by molar-refractivity contribution is -0.152. The van der Waals surface area contributed by atoms with E-state index in [9.17, 15) is 14.3 Å². The molecule has 0 amide bonds. The van der Waals surface area contributed by atoms with Crippen molar-refractivity contribution in [2.75, 3.05) is 7.11 Å². The number of carbonyl (C=O) groups excluding carboxylic acids is 1. The van der Waals surface area contributed by atoms with E-state index >= 15 is 0 Å². The molecule has 1 aromatic rings. The van der Waals surface area contributed by atoms with E-state index in [0.29, 0.717) is 0 Å². The number of hydrogen-bond acceptors (Lipinski definition) is 5. The van der Waals surface area contributed by atoms with E-state index in [1.165, 1.54) is 27.0 Å². The number of esters is 1. The first-order valence-electron chi connectivity index (χ1n) is 5.52. The summed E-state index contributed by atoms with van der Waals surface area (Å²) < 4.78 is 18.1. The van der Waals surface area contributed by atoms with E-state index in [1.54, 1.807) is 6.07 Å². The molecule has 0 saturated carbocycles. The van der Waals surface area contributed by atoms with Crippen molar-refractivity contribution in [1.29, 1.82) is 5.26 Å². The summed E-state index contributed by atoms with van der Waals surface area (Å²) in [4.78, 5) is 11.7. The number of ether oxygens (including phenoxy) is 1. The minimum atomic E-state index is -1.17. The third-order valence-electron chi connectivity index (χ3n) is 3.05. The number of nitrogens with zero attached hydrogens (tertiary/aromatic N) is 1. The molecule has 0 aliphatic heterocycles. The average Bonchev–Trinajstić information content (AvgIpc) is 2.39. The number of phenolic OH excluding ortho intramolecular Hbond substituents is 1. The van der Waals surface area contributed by atoms with Crippen LogP contribution in [0.3, 0.4) is 0 Å². The molecule has 1 rings (SSSR count). The van der Waals surface area contributed by atoms with Crippen molar-refractivity contribution < 1.29 is 19.0 Å². The Morgan fingerprint density at radius 2 is 2.16 bits per heavy atom. The van der Waals surface area contributed by atoms with Crippen LogP contribution in [0.1, 0.15) is 31.0 Å². The van der Waals surface area contributed by atoms with Crippen molar-refractivity contribution >= 4 is 5.97 Å². The van der Waals surface area contributed by atoms with Gasteiger partial charge in [0.15, 0.2) is 11.6 Å². The third kappa shape index (κ3) is 2.66. The Balaban J connectivity index is 3.34. The number of aromatic hydroxyl groups is 1. The van der Waals surface area contributed by atoms with Gasteiger partial charge in [0.25, 0.3) is 0 Å². The molecule has 1 atom stereocenters. The lowest BCUT2D eigenvalue weighted by Gasteiger charge is -2.29. The van der Waals surface area contributed by atoms with Gasteiger partial charge in [-0.25, -0.2) is 4.39 Å². The standard InChI is InChI=1S/C13H15FN2O3/c1-13(2,12(18)19-3)11(16)8-4-7(6-15)5-9(14)10(8)17/h4-5,11,17H,16H2,1-3H3/t11-/m0/s1. The van der Waals surface area contributed by atoms with Crippen molar-refractivity contribution in [3.05, 3.63) is 29.1 Å².